The Kier molecular flexibility index (Phi) is 7.61. The summed E-state index contributed by atoms with van der Waals surface area (Å²) in [6, 6.07) is 10.2. The van der Waals surface area contributed by atoms with E-state index in [9.17, 15) is 14.3 Å². The van der Waals surface area contributed by atoms with Crippen molar-refractivity contribution in [2.75, 3.05) is 13.7 Å². The van der Waals surface area contributed by atoms with E-state index in [2.05, 4.69) is 30.7 Å². The standard InChI is InChI=1S/C31H40FN5O3/c1-18(38)16-37(28-13-21-12-25(19(28)2)31(21,3)4)30(33)35-22-7-9-24-27(14-22)34-17-36(29(24)39)11-10-20-6-8-23(40-5)15-26(20)32/h6-9,14-15,17-19,21,25,28,38H,10-13,16H2,1-5H3,(H2,33,35)/t18?,19-,21-,25+,28-/m0/s1. The van der Waals surface area contributed by atoms with E-state index in [-0.39, 0.29) is 17.4 Å². The fourth-order valence-corrected chi connectivity index (χ4v) is 6.89. The number of aliphatic imine (C=N–C) groups is 1. The lowest BCUT2D eigenvalue weighted by atomic mass is 9.44. The zero-order chi connectivity index (χ0) is 28.8. The lowest BCUT2D eigenvalue weighted by Crippen LogP contribution is -2.63. The summed E-state index contributed by atoms with van der Waals surface area (Å²) in [5.74, 6) is 2.17. The van der Waals surface area contributed by atoms with Crippen molar-refractivity contribution in [3.63, 3.8) is 0 Å². The number of nitrogens with two attached hydrogens (primary N) is 1. The van der Waals surface area contributed by atoms with E-state index in [0.717, 1.165) is 6.42 Å². The highest BCUT2D eigenvalue weighted by Gasteiger charge is 2.57. The Labute approximate surface area is 234 Å². The van der Waals surface area contributed by atoms with E-state index >= 15 is 0 Å². The third kappa shape index (κ3) is 5.19. The van der Waals surface area contributed by atoms with Crippen LogP contribution in [0.25, 0.3) is 10.9 Å². The number of methoxy groups -OCH3 is 1. The monoisotopic (exact) mass is 549 g/mol. The molecule has 3 aliphatic carbocycles. The predicted octanol–water partition coefficient (Wildman–Crippen LogP) is 4.49. The van der Waals surface area contributed by atoms with Gasteiger partial charge >= 0.3 is 0 Å². The second-order valence-electron chi connectivity index (χ2n) is 12.1. The molecule has 0 spiro atoms. The van der Waals surface area contributed by atoms with Gasteiger partial charge in [0, 0.05) is 25.2 Å². The van der Waals surface area contributed by atoms with Crippen molar-refractivity contribution in [2.45, 2.75) is 65.6 Å². The number of fused-ring (bicyclic) bond motifs is 3. The maximum atomic E-state index is 14.3. The molecule has 9 heteroatoms. The molecular formula is C31H40FN5O3. The molecule has 0 amide bonds. The summed E-state index contributed by atoms with van der Waals surface area (Å²) < 4.78 is 20.9. The summed E-state index contributed by atoms with van der Waals surface area (Å²) >= 11 is 0. The van der Waals surface area contributed by atoms with Crippen LogP contribution in [0.2, 0.25) is 0 Å². The number of guanidine groups is 1. The van der Waals surface area contributed by atoms with Gasteiger partial charge in [-0.3, -0.25) is 9.36 Å². The second kappa shape index (κ2) is 10.8. The average Bonchev–Trinajstić information content (AvgIpc) is 2.91. The Morgan fingerprint density at radius 3 is 2.73 bits per heavy atom. The number of aryl methyl sites for hydroxylation is 2. The van der Waals surface area contributed by atoms with Gasteiger partial charge < -0.3 is 20.5 Å². The number of hydrogen-bond acceptors (Lipinski definition) is 5. The van der Waals surface area contributed by atoms with Gasteiger partial charge in [-0.1, -0.05) is 26.8 Å². The fourth-order valence-electron chi connectivity index (χ4n) is 6.89. The Morgan fingerprint density at radius 2 is 2.08 bits per heavy atom. The predicted molar refractivity (Wildman–Crippen MR) is 155 cm³/mol. The molecule has 40 heavy (non-hydrogen) atoms. The summed E-state index contributed by atoms with van der Waals surface area (Å²) in [7, 11) is 1.49. The summed E-state index contributed by atoms with van der Waals surface area (Å²) in [4.78, 5) is 24.4. The SMILES string of the molecule is COc1ccc(CCn2cnc3cc(N=C(N)N(CC(C)O)[C@H]4C[C@@H]5C[C@H]([C@@H]4C)C5(C)C)ccc3c2=O)c(F)c1. The Morgan fingerprint density at radius 1 is 1.30 bits per heavy atom. The Balaban J connectivity index is 1.35. The van der Waals surface area contributed by atoms with Gasteiger partial charge in [-0.2, -0.15) is 0 Å². The highest BCUT2D eigenvalue weighted by molar-refractivity contribution is 5.85. The number of rotatable bonds is 8. The maximum Gasteiger partial charge on any atom is 0.261 e. The van der Waals surface area contributed by atoms with Crippen LogP contribution in [0.15, 0.2) is 52.5 Å². The zero-order valence-electron chi connectivity index (χ0n) is 24.0. The number of aliphatic hydroxyl groups is 1. The first-order chi connectivity index (χ1) is 19.0. The van der Waals surface area contributed by atoms with Crippen molar-refractivity contribution in [1.29, 1.82) is 0 Å². The van der Waals surface area contributed by atoms with Gasteiger partial charge in [0.25, 0.3) is 5.56 Å². The lowest BCUT2D eigenvalue weighted by molar-refractivity contribution is -0.131. The van der Waals surface area contributed by atoms with Gasteiger partial charge in [0.05, 0.1) is 36.1 Å². The Bertz CT molecular complexity index is 1480. The average molecular weight is 550 g/mol. The van der Waals surface area contributed by atoms with Crippen LogP contribution >= 0.6 is 0 Å². The molecule has 3 aliphatic rings. The summed E-state index contributed by atoms with van der Waals surface area (Å²) in [6.45, 7) is 9.50. The quantitative estimate of drug-likeness (QED) is 0.317. The van der Waals surface area contributed by atoms with Crippen molar-refractivity contribution >= 4 is 22.5 Å². The molecule has 1 aromatic heterocycles. The van der Waals surface area contributed by atoms with Crippen LogP contribution in [-0.4, -0.2) is 51.3 Å². The number of aromatic nitrogens is 2. The minimum atomic E-state index is -0.546. The molecule has 0 aliphatic heterocycles. The highest BCUT2D eigenvalue weighted by atomic mass is 19.1. The Hall–Kier alpha value is -3.46. The van der Waals surface area contributed by atoms with E-state index in [1.807, 2.05) is 0 Å². The largest absolute Gasteiger partial charge is 0.497 e. The third-order valence-corrected chi connectivity index (χ3v) is 9.40. The molecule has 3 aromatic rings. The van der Waals surface area contributed by atoms with Gasteiger partial charge in [0.15, 0.2) is 5.96 Å². The van der Waals surface area contributed by atoms with Gasteiger partial charge in [0.2, 0.25) is 0 Å². The maximum absolute atomic E-state index is 14.3. The molecule has 5 atom stereocenters. The number of nitrogens with zero attached hydrogens (tertiary/aromatic N) is 4. The van der Waals surface area contributed by atoms with Crippen molar-refractivity contribution in [2.24, 2.45) is 33.9 Å². The van der Waals surface area contributed by atoms with Crippen LogP contribution in [0.1, 0.15) is 46.1 Å². The normalized spacial score (nSPS) is 24.4. The molecule has 2 bridgehead atoms. The first-order valence-corrected chi connectivity index (χ1v) is 14.1. The molecule has 3 N–H and O–H groups in total. The van der Waals surface area contributed by atoms with E-state index in [0.29, 0.717) is 76.5 Å². The molecule has 1 unspecified atom stereocenters. The molecule has 6 rings (SSSR count). The van der Waals surface area contributed by atoms with Crippen LogP contribution < -0.4 is 16.0 Å². The van der Waals surface area contributed by atoms with Gasteiger partial charge in [-0.15, -0.1) is 0 Å². The van der Waals surface area contributed by atoms with E-state index in [1.54, 1.807) is 37.3 Å². The van der Waals surface area contributed by atoms with Crippen LogP contribution in [0.3, 0.4) is 0 Å². The first-order valence-electron chi connectivity index (χ1n) is 14.1. The second-order valence-corrected chi connectivity index (χ2v) is 12.1. The van der Waals surface area contributed by atoms with Crippen molar-refractivity contribution < 1.29 is 14.2 Å². The molecule has 214 valence electrons. The topological polar surface area (TPSA) is 106 Å². The van der Waals surface area contributed by atoms with Gasteiger partial charge in [-0.25, -0.2) is 14.4 Å². The minimum absolute atomic E-state index is 0.198. The highest BCUT2D eigenvalue weighted by Crippen LogP contribution is 2.62. The van der Waals surface area contributed by atoms with Gasteiger partial charge in [-0.05, 0) is 79.2 Å². The number of hydrogen-bond donors (Lipinski definition) is 2. The molecule has 1 heterocycles. The van der Waals surface area contributed by atoms with Crippen LogP contribution in [0, 0.1) is 29.0 Å². The smallest absolute Gasteiger partial charge is 0.261 e. The number of ether oxygens (including phenoxy) is 1. The zero-order valence-corrected chi connectivity index (χ0v) is 24.0. The summed E-state index contributed by atoms with van der Waals surface area (Å²) in [5.41, 5.74) is 8.34. The van der Waals surface area contributed by atoms with E-state index < -0.39 is 6.10 Å². The molecule has 2 aromatic carbocycles. The first kappa shape index (κ1) is 28.1. The third-order valence-electron chi connectivity index (χ3n) is 9.40. The van der Waals surface area contributed by atoms with Crippen molar-refractivity contribution in [3.8, 4) is 5.75 Å². The molecule has 3 saturated carbocycles. The molecule has 0 saturated heterocycles. The number of benzene rings is 2. The fraction of sp³-hybridized carbons (Fsp3) is 0.516. The molecule has 8 nitrogen and oxygen atoms in total. The molecular weight excluding hydrogens is 509 g/mol. The minimum Gasteiger partial charge on any atom is -0.497 e. The van der Waals surface area contributed by atoms with Crippen LogP contribution in [-0.2, 0) is 13.0 Å². The molecule has 3 fully saturated rings. The summed E-state index contributed by atoms with van der Waals surface area (Å²) in [5, 5.41) is 10.7. The van der Waals surface area contributed by atoms with Crippen LogP contribution in [0.5, 0.6) is 5.75 Å². The van der Waals surface area contributed by atoms with E-state index in [1.165, 1.54) is 30.5 Å². The number of halogens is 1. The summed E-state index contributed by atoms with van der Waals surface area (Å²) in [6.07, 6.45) is 3.58. The van der Waals surface area contributed by atoms with Crippen LogP contribution in [0.4, 0.5) is 10.1 Å². The van der Waals surface area contributed by atoms with Crippen molar-refractivity contribution in [3.05, 3.63) is 64.5 Å². The van der Waals surface area contributed by atoms with Gasteiger partial charge in [0.1, 0.15) is 11.6 Å². The number of aliphatic hydroxyl groups excluding tert-OH is 1. The molecule has 0 radical (unpaired) electrons. The lowest BCUT2D eigenvalue weighted by Gasteiger charge is -2.63. The van der Waals surface area contributed by atoms with E-state index in [4.69, 9.17) is 15.5 Å². The van der Waals surface area contributed by atoms with Crippen molar-refractivity contribution in [1.82, 2.24) is 14.5 Å².